The van der Waals surface area contributed by atoms with Gasteiger partial charge in [0.05, 0.1) is 18.0 Å². The third kappa shape index (κ3) is 4.02. The summed E-state index contributed by atoms with van der Waals surface area (Å²) in [6.45, 7) is 0.887. The Morgan fingerprint density at radius 3 is 3.07 bits per heavy atom. The SMILES string of the molecule is CNC(=O)NCc1ccc(C#CCN)s1. The first kappa shape index (κ1) is 11.6. The van der Waals surface area contributed by atoms with Gasteiger partial charge in [0.1, 0.15) is 0 Å². The van der Waals surface area contributed by atoms with Gasteiger partial charge in [-0.05, 0) is 12.1 Å². The van der Waals surface area contributed by atoms with E-state index in [1.54, 1.807) is 18.4 Å². The first-order valence-corrected chi connectivity index (χ1v) is 5.31. The summed E-state index contributed by atoms with van der Waals surface area (Å²) < 4.78 is 0. The number of hydrogen-bond acceptors (Lipinski definition) is 3. The lowest BCUT2D eigenvalue weighted by Crippen LogP contribution is -2.31. The Morgan fingerprint density at radius 2 is 2.40 bits per heavy atom. The van der Waals surface area contributed by atoms with Crippen molar-refractivity contribution in [3.63, 3.8) is 0 Å². The molecule has 1 rings (SSSR count). The molecule has 1 aromatic heterocycles. The van der Waals surface area contributed by atoms with Crippen LogP contribution in [0.2, 0.25) is 0 Å². The Hall–Kier alpha value is -1.51. The first-order chi connectivity index (χ1) is 7.26. The second-order valence-electron chi connectivity index (χ2n) is 2.70. The zero-order valence-corrected chi connectivity index (χ0v) is 9.28. The van der Waals surface area contributed by atoms with E-state index in [9.17, 15) is 4.79 Å². The van der Waals surface area contributed by atoms with Gasteiger partial charge in [0, 0.05) is 11.9 Å². The highest BCUT2D eigenvalue weighted by Crippen LogP contribution is 2.14. The largest absolute Gasteiger partial charge is 0.341 e. The fraction of sp³-hybridized carbons (Fsp3) is 0.300. The van der Waals surface area contributed by atoms with Crippen molar-refractivity contribution in [3.8, 4) is 11.8 Å². The molecule has 1 heterocycles. The number of amides is 2. The highest BCUT2D eigenvalue weighted by molar-refractivity contribution is 7.12. The van der Waals surface area contributed by atoms with Crippen molar-refractivity contribution in [1.82, 2.24) is 10.6 Å². The first-order valence-electron chi connectivity index (χ1n) is 4.49. The van der Waals surface area contributed by atoms with Crippen LogP contribution in [0.15, 0.2) is 12.1 Å². The number of urea groups is 1. The van der Waals surface area contributed by atoms with Gasteiger partial charge in [0.2, 0.25) is 0 Å². The van der Waals surface area contributed by atoms with Gasteiger partial charge in [-0.2, -0.15) is 0 Å². The molecule has 0 radical (unpaired) electrons. The van der Waals surface area contributed by atoms with Gasteiger partial charge in [0.25, 0.3) is 0 Å². The van der Waals surface area contributed by atoms with Crippen LogP contribution in [-0.4, -0.2) is 19.6 Å². The summed E-state index contributed by atoms with van der Waals surface area (Å²) in [5, 5.41) is 5.19. The molecule has 5 heteroatoms. The molecule has 0 bridgehead atoms. The minimum absolute atomic E-state index is 0.182. The number of hydrogen-bond donors (Lipinski definition) is 3. The van der Waals surface area contributed by atoms with E-state index < -0.39 is 0 Å². The molecular formula is C10H13N3OS. The fourth-order valence-corrected chi connectivity index (χ4v) is 1.76. The van der Waals surface area contributed by atoms with Crippen LogP contribution >= 0.6 is 11.3 Å². The number of rotatable bonds is 2. The van der Waals surface area contributed by atoms with Gasteiger partial charge in [-0.3, -0.25) is 0 Å². The molecule has 0 aliphatic heterocycles. The molecule has 0 aliphatic carbocycles. The topological polar surface area (TPSA) is 67.2 Å². The van der Waals surface area contributed by atoms with E-state index in [1.165, 1.54) is 0 Å². The molecule has 0 fully saturated rings. The van der Waals surface area contributed by atoms with E-state index in [2.05, 4.69) is 22.5 Å². The number of nitrogens with two attached hydrogens (primary N) is 1. The van der Waals surface area contributed by atoms with Crippen LogP contribution in [0, 0.1) is 11.8 Å². The molecule has 80 valence electrons. The Bertz CT molecular complexity index is 389. The van der Waals surface area contributed by atoms with Crippen LogP contribution in [0.3, 0.4) is 0 Å². The molecule has 0 saturated heterocycles. The second kappa shape index (κ2) is 6.06. The molecule has 0 spiro atoms. The third-order valence-electron chi connectivity index (χ3n) is 1.63. The second-order valence-corrected chi connectivity index (χ2v) is 3.87. The molecule has 4 nitrogen and oxygen atoms in total. The van der Waals surface area contributed by atoms with Gasteiger partial charge in [-0.15, -0.1) is 11.3 Å². The van der Waals surface area contributed by atoms with E-state index in [-0.39, 0.29) is 6.03 Å². The standard InChI is InChI=1S/C10H13N3OS/c1-12-10(14)13-7-9-5-4-8(15-9)3-2-6-11/h4-5H,6-7,11H2,1H3,(H2,12,13,14). The predicted molar refractivity (Wildman–Crippen MR) is 61.5 cm³/mol. The van der Waals surface area contributed by atoms with Crippen LogP contribution in [0.25, 0.3) is 0 Å². The maximum absolute atomic E-state index is 10.9. The maximum Gasteiger partial charge on any atom is 0.314 e. The molecule has 1 aromatic rings. The molecule has 0 aromatic carbocycles. The Labute approximate surface area is 92.9 Å². The van der Waals surface area contributed by atoms with Crippen molar-refractivity contribution < 1.29 is 4.79 Å². The summed E-state index contributed by atoms with van der Waals surface area (Å²) in [4.78, 5) is 12.9. The normalized spacial score (nSPS) is 8.93. The molecule has 0 aliphatic rings. The molecule has 0 saturated carbocycles. The monoisotopic (exact) mass is 223 g/mol. The smallest absolute Gasteiger partial charge is 0.314 e. The maximum atomic E-state index is 10.9. The Morgan fingerprint density at radius 1 is 1.60 bits per heavy atom. The summed E-state index contributed by atoms with van der Waals surface area (Å²) in [6.07, 6.45) is 0. The van der Waals surface area contributed by atoms with Crippen LogP contribution in [0.4, 0.5) is 4.79 Å². The zero-order valence-electron chi connectivity index (χ0n) is 8.46. The number of carbonyl (C=O) groups excluding carboxylic acids is 1. The van der Waals surface area contributed by atoms with E-state index in [4.69, 9.17) is 5.73 Å². The van der Waals surface area contributed by atoms with E-state index in [0.717, 1.165) is 9.75 Å². The molecule has 15 heavy (non-hydrogen) atoms. The lowest BCUT2D eigenvalue weighted by Gasteiger charge is -2.00. The summed E-state index contributed by atoms with van der Waals surface area (Å²) in [7, 11) is 1.59. The summed E-state index contributed by atoms with van der Waals surface area (Å²) >= 11 is 1.55. The molecule has 0 unspecified atom stereocenters. The summed E-state index contributed by atoms with van der Waals surface area (Å²) in [5.74, 6) is 5.72. The number of carbonyl (C=O) groups is 1. The predicted octanol–water partition coefficient (Wildman–Crippen LogP) is 0.487. The summed E-state index contributed by atoms with van der Waals surface area (Å²) in [6, 6.07) is 3.69. The van der Waals surface area contributed by atoms with E-state index in [0.29, 0.717) is 13.1 Å². The van der Waals surface area contributed by atoms with Gasteiger partial charge >= 0.3 is 6.03 Å². The van der Waals surface area contributed by atoms with Crippen LogP contribution in [0.1, 0.15) is 9.75 Å². The van der Waals surface area contributed by atoms with Gasteiger partial charge in [-0.25, -0.2) is 4.79 Å². The molecule has 0 atom stereocenters. The lowest BCUT2D eigenvalue weighted by atomic mass is 10.4. The van der Waals surface area contributed by atoms with Gasteiger partial charge < -0.3 is 16.4 Å². The van der Waals surface area contributed by atoms with Crippen molar-refractivity contribution in [2.45, 2.75) is 6.54 Å². The molecular weight excluding hydrogens is 210 g/mol. The number of thiophene rings is 1. The molecule has 2 amide bonds. The van der Waals surface area contributed by atoms with E-state index >= 15 is 0 Å². The average Bonchev–Trinajstić information content (AvgIpc) is 2.71. The highest BCUT2D eigenvalue weighted by Gasteiger charge is 1.99. The van der Waals surface area contributed by atoms with Crippen LogP contribution < -0.4 is 16.4 Å². The summed E-state index contributed by atoms with van der Waals surface area (Å²) in [5.41, 5.74) is 5.27. The van der Waals surface area contributed by atoms with Gasteiger partial charge in [0.15, 0.2) is 0 Å². The molecule has 4 N–H and O–H groups in total. The third-order valence-corrected chi connectivity index (χ3v) is 2.63. The van der Waals surface area contributed by atoms with Crippen LogP contribution in [0.5, 0.6) is 0 Å². The van der Waals surface area contributed by atoms with Crippen molar-refractivity contribution >= 4 is 17.4 Å². The Kier molecular flexibility index (Phi) is 4.68. The van der Waals surface area contributed by atoms with Crippen molar-refractivity contribution in [2.75, 3.05) is 13.6 Å². The minimum Gasteiger partial charge on any atom is -0.341 e. The Balaban J connectivity index is 2.49. The van der Waals surface area contributed by atoms with Crippen molar-refractivity contribution in [1.29, 1.82) is 0 Å². The van der Waals surface area contributed by atoms with E-state index in [1.807, 2.05) is 12.1 Å². The number of nitrogens with one attached hydrogen (secondary N) is 2. The van der Waals surface area contributed by atoms with Crippen LogP contribution in [-0.2, 0) is 6.54 Å². The van der Waals surface area contributed by atoms with Crippen molar-refractivity contribution in [2.24, 2.45) is 5.73 Å². The minimum atomic E-state index is -0.182. The van der Waals surface area contributed by atoms with Gasteiger partial charge in [-0.1, -0.05) is 11.8 Å². The quantitative estimate of drug-likeness (QED) is 0.639. The highest BCUT2D eigenvalue weighted by atomic mass is 32.1. The fourth-order valence-electron chi connectivity index (χ4n) is 0.934. The average molecular weight is 223 g/mol. The van der Waals surface area contributed by atoms with Crippen molar-refractivity contribution in [3.05, 3.63) is 21.9 Å². The zero-order chi connectivity index (χ0) is 11.1. The lowest BCUT2D eigenvalue weighted by molar-refractivity contribution is 0.242.